The van der Waals surface area contributed by atoms with Crippen LogP contribution in [0.4, 0.5) is 0 Å². The summed E-state index contributed by atoms with van der Waals surface area (Å²) in [6.07, 6.45) is 4.55. The molecule has 0 bridgehead atoms. The first-order valence-corrected chi connectivity index (χ1v) is 6.64. The predicted molar refractivity (Wildman–Crippen MR) is 74.2 cm³/mol. The topological polar surface area (TPSA) is 16.1 Å². The van der Waals surface area contributed by atoms with Crippen LogP contribution in [0.1, 0.15) is 18.4 Å². The van der Waals surface area contributed by atoms with Gasteiger partial charge in [-0.3, -0.25) is 9.88 Å². The summed E-state index contributed by atoms with van der Waals surface area (Å²) in [6, 6.07) is 14.8. The minimum atomic E-state index is 1.05. The molecule has 2 aromatic rings. The minimum Gasteiger partial charge on any atom is -0.299 e. The van der Waals surface area contributed by atoms with Crippen molar-refractivity contribution in [3.05, 3.63) is 54.2 Å². The smallest absolute Gasteiger partial charge is 0.0701 e. The molecule has 1 saturated heterocycles. The molecule has 0 spiro atoms. The zero-order valence-electron chi connectivity index (χ0n) is 10.5. The molecule has 0 saturated carbocycles. The Hall–Kier alpha value is -1.67. The van der Waals surface area contributed by atoms with Crippen LogP contribution in [0.3, 0.4) is 0 Å². The maximum absolute atomic E-state index is 4.37. The fourth-order valence-corrected chi connectivity index (χ4v) is 2.51. The summed E-state index contributed by atoms with van der Waals surface area (Å²) in [4.78, 5) is 6.90. The quantitative estimate of drug-likeness (QED) is 0.815. The number of hydrogen-bond donors (Lipinski definition) is 0. The first kappa shape index (κ1) is 11.4. The van der Waals surface area contributed by atoms with Gasteiger partial charge in [0, 0.05) is 18.3 Å². The van der Waals surface area contributed by atoms with E-state index in [0.717, 1.165) is 12.2 Å². The van der Waals surface area contributed by atoms with Gasteiger partial charge in [-0.05, 0) is 43.6 Å². The van der Waals surface area contributed by atoms with Gasteiger partial charge in [-0.15, -0.1) is 0 Å². The van der Waals surface area contributed by atoms with E-state index >= 15 is 0 Å². The van der Waals surface area contributed by atoms with Crippen LogP contribution in [0.5, 0.6) is 0 Å². The molecule has 0 N–H and O–H groups in total. The van der Waals surface area contributed by atoms with E-state index < -0.39 is 0 Å². The SMILES string of the molecule is c1ccc(-c2ccc(CN3CCCC3)cc2)nc1. The Kier molecular flexibility index (Phi) is 3.37. The maximum Gasteiger partial charge on any atom is 0.0701 e. The molecule has 0 unspecified atom stereocenters. The molecule has 1 aliphatic rings. The Morgan fingerprint density at radius 1 is 0.944 bits per heavy atom. The van der Waals surface area contributed by atoms with Crippen LogP contribution >= 0.6 is 0 Å². The van der Waals surface area contributed by atoms with Crippen LogP contribution in [0.2, 0.25) is 0 Å². The summed E-state index contributed by atoms with van der Waals surface area (Å²) in [5.41, 5.74) is 3.64. The van der Waals surface area contributed by atoms with Crippen molar-refractivity contribution < 1.29 is 0 Å². The van der Waals surface area contributed by atoms with E-state index in [1.807, 2.05) is 18.3 Å². The Balaban J connectivity index is 1.72. The highest BCUT2D eigenvalue weighted by molar-refractivity contribution is 5.58. The van der Waals surface area contributed by atoms with Crippen molar-refractivity contribution in [1.29, 1.82) is 0 Å². The lowest BCUT2D eigenvalue weighted by Crippen LogP contribution is -2.18. The van der Waals surface area contributed by atoms with Crippen molar-refractivity contribution >= 4 is 0 Å². The maximum atomic E-state index is 4.37. The van der Waals surface area contributed by atoms with Crippen molar-refractivity contribution in [2.75, 3.05) is 13.1 Å². The zero-order chi connectivity index (χ0) is 12.2. The van der Waals surface area contributed by atoms with E-state index in [4.69, 9.17) is 0 Å². The molecule has 1 aliphatic heterocycles. The molecular formula is C16H18N2. The van der Waals surface area contributed by atoms with E-state index in [2.05, 4.69) is 40.2 Å². The van der Waals surface area contributed by atoms with E-state index in [9.17, 15) is 0 Å². The fourth-order valence-electron chi connectivity index (χ4n) is 2.51. The van der Waals surface area contributed by atoms with Gasteiger partial charge in [-0.1, -0.05) is 30.3 Å². The summed E-state index contributed by atoms with van der Waals surface area (Å²) >= 11 is 0. The van der Waals surface area contributed by atoms with E-state index in [1.54, 1.807) is 0 Å². The molecule has 0 aliphatic carbocycles. The molecule has 2 heteroatoms. The molecule has 2 nitrogen and oxygen atoms in total. The normalized spacial score (nSPS) is 16.0. The predicted octanol–water partition coefficient (Wildman–Crippen LogP) is 3.34. The minimum absolute atomic E-state index is 1.05. The van der Waals surface area contributed by atoms with Gasteiger partial charge in [-0.2, -0.15) is 0 Å². The third-order valence-electron chi connectivity index (χ3n) is 3.52. The van der Waals surface area contributed by atoms with Crippen molar-refractivity contribution in [2.24, 2.45) is 0 Å². The highest BCUT2D eigenvalue weighted by Crippen LogP contribution is 2.18. The van der Waals surface area contributed by atoms with Crippen LogP contribution in [0.25, 0.3) is 11.3 Å². The largest absolute Gasteiger partial charge is 0.299 e. The van der Waals surface area contributed by atoms with Crippen molar-refractivity contribution in [3.8, 4) is 11.3 Å². The molecule has 0 atom stereocenters. The molecule has 1 aromatic carbocycles. The number of pyridine rings is 1. The Labute approximate surface area is 108 Å². The average Bonchev–Trinajstić information content (AvgIpc) is 2.94. The summed E-state index contributed by atoms with van der Waals surface area (Å²) in [6.45, 7) is 3.59. The number of likely N-dealkylation sites (tertiary alicyclic amines) is 1. The van der Waals surface area contributed by atoms with Crippen LogP contribution in [0, 0.1) is 0 Å². The molecule has 18 heavy (non-hydrogen) atoms. The Morgan fingerprint density at radius 2 is 1.72 bits per heavy atom. The number of hydrogen-bond acceptors (Lipinski definition) is 2. The van der Waals surface area contributed by atoms with E-state index in [1.165, 1.54) is 37.1 Å². The van der Waals surface area contributed by atoms with Gasteiger partial charge in [0.2, 0.25) is 0 Å². The van der Waals surface area contributed by atoms with Gasteiger partial charge in [0.1, 0.15) is 0 Å². The number of nitrogens with zero attached hydrogens (tertiary/aromatic N) is 2. The number of aromatic nitrogens is 1. The van der Waals surface area contributed by atoms with Crippen LogP contribution < -0.4 is 0 Å². The van der Waals surface area contributed by atoms with Gasteiger partial charge in [0.15, 0.2) is 0 Å². The zero-order valence-corrected chi connectivity index (χ0v) is 10.5. The lowest BCUT2D eigenvalue weighted by Gasteiger charge is -2.14. The van der Waals surface area contributed by atoms with E-state index in [-0.39, 0.29) is 0 Å². The average molecular weight is 238 g/mol. The molecule has 92 valence electrons. The van der Waals surface area contributed by atoms with Crippen molar-refractivity contribution in [1.82, 2.24) is 9.88 Å². The molecular weight excluding hydrogens is 220 g/mol. The molecule has 0 radical (unpaired) electrons. The molecule has 3 rings (SSSR count). The van der Waals surface area contributed by atoms with Crippen molar-refractivity contribution in [2.45, 2.75) is 19.4 Å². The first-order chi connectivity index (χ1) is 8.92. The summed E-state index contributed by atoms with van der Waals surface area (Å²) < 4.78 is 0. The second-order valence-electron chi connectivity index (χ2n) is 4.90. The van der Waals surface area contributed by atoms with Crippen molar-refractivity contribution in [3.63, 3.8) is 0 Å². The van der Waals surface area contributed by atoms with Gasteiger partial charge >= 0.3 is 0 Å². The van der Waals surface area contributed by atoms with Gasteiger partial charge in [0.25, 0.3) is 0 Å². The molecule has 1 aromatic heterocycles. The highest BCUT2D eigenvalue weighted by Gasteiger charge is 2.11. The molecule has 2 heterocycles. The van der Waals surface area contributed by atoms with Gasteiger partial charge in [0.05, 0.1) is 5.69 Å². The summed E-state index contributed by atoms with van der Waals surface area (Å²) in [5, 5.41) is 0. The van der Waals surface area contributed by atoms with Crippen LogP contribution in [-0.4, -0.2) is 23.0 Å². The molecule has 1 fully saturated rings. The highest BCUT2D eigenvalue weighted by atomic mass is 15.1. The lowest BCUT2D eigenvalue weighted by molar-refractivity contribution is 0.331. The second-order valence-corrected chi connectivity index (χ2v) is 4.90. The van der Waals surface area contributed by atoms with Gasteiger partial charge in [-0.25, -0.2) is 0 Å². The number of rotatable bonds is 3. The van der Waals surface area contributed by atoms with Crippen LogP contribution in [-0.2, 0) is 6.54 Å². The van der Waals surface area contributed by atoms with E-state index in [0.29, 0.717) is 0 Å². The Morgan fingerprint density at radius 3 is 2.39 bits per heavy atom. The van der Waals surface area contributed by atoms with Gasteiger partial charge < -0.3 is 0 Å². The summed E-state index contributed by atoms with van der Waals surface area (Å²) in [5.74, 6) is 0. The Bertz CT molecular complexity index is 484. The second kappa shape index (κ2) is 5.32. The summed E-state index contributed by atoms with van der Waals surface area (Å²) in [7, 11) is 0. The van der Waals surface area contributed by atoms with Crippen LogP contribution in [0.15, 0.2) is 48.7 Å². The first-order valence-electron chi connectivity index (χ1n) is 6.64. The fraction of sp³-hybridized carbons (Fsp3) is 0.312. The number of benzene rings is 1. The molecule has 0 amide bonds. The third-order valence-corrected chi connectivity index (χ3v) is 3.52. The lowest BCUT2D eigenvalue weighted by atomic mass is 10.1. The monoisotopic (exact) mass is 238 g/mol. The third kappa shape index (κ3) is 2.59. The standard InChI is InChI=1S/C16H18N2/c1-2-10-17-16(5-1)15-8-6-14(7-9-15)13-18-11-3-4-12-18/h1-2,5-10H,3-4,11-13H2.